The number of hydrogen-bond donors (Lipinski definition) is 1. The van der Waals surface area contributed by atoms with Gasteiger partial charge in [-0.3, -0.25) is 4.79 Å². The molecule has 0 unspecified atom stereocenters. The predicted molar refractivity (Wildman–Crippen MR) is 78.5 cm³/mol. The normalized spacial score (nSPS) is 9.85. The third kappa shape index (κ3) is 3.59. The number of nitrogens with one attached hydrogen (secondary N) is 1. The van der Waals surface area contributed by atoms with Crippen molar-refractivity contribution in [3.63, 3.8) is 0 Å². The summed E-state index contributed by atoms with van der Waals surface area (Å²) in [4.78, 5) is 12.0. The van der Waals surface area contributed by atoms with Crippen LogP contribution in [0.3, 0.4) is 0 Å². The third-order valence-corrected chi connectivity index (χ3v) is 3.03. The highest BCUT2D eigenvalue weighted by Crippen LogP contribution is 2.14. The highest BCUT2D eigenvalue weighted by Gasteiger charge is 2.07. The Kier molecular flexibility index (Phi) is 4.39. The van der Waals surface area contributed by atoms with Crippen molar-refractivity contribution in [2.24, 2.45) is 0 Å². The van der Waals surface area contributed by atoms with Gasteiger partial charge in [0.2, 0.25) is 0 Å². The zero-order valence-corrected chi connectivity index (χ0v) is 11.7. The van der Waals surface area contributed by atoms with Gasteiger partial charge < -0.3 is 5.32 Å². The highest BCUT2D eigenvalue weighted by molar-refractivity contribution is 6.31. The van der Waals surface area contributed by atoms with Gasteiger partial charge in [0.05, 0.1) is 11.6 Å². The fourth-order valence-corrected chi connectivity index (χ4v) is 2.19. The molecule has 0 aromatic heterocycles. The van der Waals surface area contributed by atoms with E-state index in [-0.39, 0.29) is 5.91 Å². The quantitative estimate of drug-likeness (QED) is 0.938. The number of carbonyl (C=O) groups is 1. The highest BCUT2D eigenvalue weighted by atomic mass is 35.5. The maximum Gasteiger partial charge on any atom is 0.251 e. The lowest BCUT2D eigenvalue weighted by Gasteiger charge is -2.07. The van der Waals surface area contributed by atoms with E-state index in [2.05, 4.69) is 11.4 Å². The van der Waals surface area contributed by atoms with Gasteiger partial charge >= 0.3 is 0 Å². The van der Waals surface area contributed by atoms with Crippen molar-refractivity contribution in [1.82, 2.24) is 5.32 Å². The fourth-order valence-electron chi connectivity index (χ4n) is 1.90. The molecule has 0 aliphatic heterocycles. The molecule has 20 heavy (non-hydrogen) atoms. The first-order valence-corrected chi connectivity index (χ1v) is 6.51. The summed E-state index contributed by atoms with van der Waals surface area (Å²) in [5.41, 5.74) is 2.94. The maximum atomic E-state index is 12.0. The van der Waals surface area contributed by atoms with Gasteiger partial charge in [0, 0.05) is 17.1 Å². The topological polar surface area (TPSA) is 52.9 Å². The lowest BCUT2D eigenvalue weighted by Crippen LogP contribution is -2.22. The van der Waals surface area contributed by atoms with Gasteiger partial charge in [-0.25, -0.2) is 0 Å². The first-order chi connectivity index (χ1) is 9.58. The number of nitrogens with zero attached hydrogens (tertiary/aromatic N) is 1. The van der Waals surface area contributed by atoms with Gasteiger partial charge in [-0.05, 0) is 48.4 Å². The van der Waals surface area contributed by atoms with Gasteiger partial charge in [-0.2, -0.15) is 5.26 Å². The minimum absolute atomic E-state index is 0.182. The molecule has 0 spiro atoms. The second-order valence-electron chi connectivity index (χ2n) is 4.51. The summed E-state index contributed by atoms with van der Waals surface area (Å²) >= 11 is 5.93. The molecule has 2 rings (SSSR count). The summed E-state index contributed by atoms with van der Waals surface area (Å²) in [7, 11) is 0. The Bertz CT molecular complexity index is 669. The van der Waals surface area contributed by atoms with Crippen LogP contribution in [0.2, 0.25) is 5.02 Å². The molecule has 2 aromatic carbocycles. The second kappa shape index (κ2) is 6.23. The van der Waals surface area contributed by atoms with Gasteiger partial charge in [0.1, 0.15) is 0 Å². The van der Waals surface area contributed by atoms with E-state index in [4.69, 9.17) is 16.9 Å². The number of benzene rings is 2. The van der Waals surface area contributed by atoms with Crippen molar-refractivity contribution in [3.05, 3.63) is 69.7 Å². The number of aryl methyl sites for hydroxylation is 1. The molecular weight excluding hydrogens is 272 g/mol. The molecule has 4 heteroatoms. The van der Waals surface area contributed by atoms with Crippen LogP contribution in [0.5, 0.6) is 0 Å². The van der Waals surface area contributed by atoms with Crippen LogP contribution in [0.15, 0.2) is 42.5 Å². The van der Waals surface area contributed by atoms with E-state index >= 15 is 0 Å². The van der Waals surface area contributed by atoms with Crippen LogP contribution >= 0.6 is 11.6 Å². The van der Waals surface area contributed by atoms with E-state index in [1.54, 1.807) is 36.4 Å². The summed E-state index contributed by atoms with van der Waals surface area (Å²) in [5, 5.41) is 12.2. The molecule has 1 N–H and O–H groups in total. The predicted octanol–water partition coefficient (Wildman–Crippen LogP) is 3.45. The Hall–Kier alpha value is -2.31. The number of carbonyl (C=O) groups excluding carboxylic acids is 1. The number of halogens is 1. The van der Waals surface area contributed by atoms with Crippen LogP contribution in [0, 0.1) is 18.3 Å². The van der Waals surface area contributed by atoms with Gasteiger partial charge in [-0.1, -0.05) is 23.7 Å². The fraction of sp³-hybridized carbons (Fsp3) is 0.125. The average Bonchev–Trinajstić information content (AvgIpc) is 2.44. The zero-order valence-electron chi connectivity index (χ0n) is 11.0. The van der Waals surface area contributed by atoms with Crippen molar-refractivity contribution < 1.29 is 4.79 Å². The molecule has 0 radical (unpaired) electrons. The molecule has 0 aliphatic rings. The van der Waals surface area contributed by atoms with Crippen molar-refractivity contribution >= 4 is 17.5 Å². The standard InChI is InChI=1S/C16H13ClN2O/c1-11-5-14(8-15(17)6-11)16(20)19-10-13-4-2-3-12(7-13)9-18/h2-8H,10H2,1H3,(H,19,20). The Balaban J connectivity index is 2.06. The molecule has 0 atom stereocenters. The Morgan fingerprint density at radius 3 is 2.80 bits per heavy atom. The van der Waals surface area contributed by atoms with E-state index < -0.39 is 0 Å². The molecule has 0 fully saturated rings. The van der Waals surface area contributed by atoms with Crippen molar-refractivity contribution in [1.29, 1.82) is 5.26 Å². The molecule has 0 aliphatic carbocycles. The monoisotopic (exact) mass is 284 g/mol. The van der Waals surface area contributed by atoms with Crippen molar-refractivity contribution in [3.8, 4) is 6.07 Å². The summed E-state index contributed by atoms with van der Waals surface area (Å²) in [6.45, 7) is 2.26. The first kappa shape index (κ1) is 14.1. The van der Waals surface area contributed by atoms with E-state index in [0.717, 1.165) is 11.1 Å². The molecule has 100 valence electrons. The van der Waals surface area contributed by atoms with Crippen LogP contribution in [0.4, 0.5) is 0 Å². The van der Waals surface area contributed by atoms with E-state index in [9.17, 15) is 4.79 Å². The van der Waals surface area contributed by atoms with Crippen LogP contribution in [0.1, 0.15) is 27.0 Å². The molecule has 1 amide bonds. The van der Waals surface area contributed by atoms with Crippen molar-refractivity contribution in [2.75, 3.05) is 0 Å². The van der Waals surface area contributed by atoms with E-state index in [1.165, 1.54) is 0 Å². The summed E-state index contributed by atoms with van der Waals surface area (Å²) < 4.78 is 0. The molecule has 0 saturated heterocycles. The van der Waals surface area contributed by atoms with Crippen LogP contribution in [0.25, 0.3) is 0 Å². The van der Waals surface area contributed by atoms with Crippen LogP contribution in [-0.4, -0.2) is 5.91 Å². The lowest BCUT2D eigenvalue weighted by atomic mass is 10.1. The summed E-state index contributed by atoms with van der Waals surface area (Å²) in [5.74, 6) is -0.182. The second-order valence-corrected chi connectivity index (χ2v) is 4.95. The molecule has 2 aromatic rings. The number of nitriles is 1. The molecule has 0 bridgehead atoms. The van der Waals surface area contributed by atoms with E-state index in [1.807, 2.05) is 13.0 Å². The Morgan fingerprint density at radius 2 is 2.10 bits per heavy atom. The molecule has 0 saturated carbocycles. The van der Waals surface area contributed by atoms with Gasteiger partial charge in [-0.15, -0.1) is 0 Å². The summed E-state index contributed by atoms with van der Waals surface area (Å²) in [6.07, 6.45) is 0. The number of hydrogen-bond acceptors (Lipinski definition) is 2. The Labute approximate surface area is 122 Å². The molecular formula is C16H13ClN2O. The molecule has 0 heterocycles. The third-order valence-electron chi connectivity index (χ3n) is 2.81. The van der Waals surface area contributed by atoms with Crippen molar-refractivity contribution in [2.45, 2.75) is 13.5 Å². The van der Waals surface area contributed by atoms with Crippen LogP contribution < -0.4 is 5.32 Å². The van der Waals surface area contributed by atoms with Gasteiger partial charge in [0.25, 0.3) is 5.91 Å². The number of amides is 1. The largest absolute Gasteiger partial charge is 0.348 e. The van der Waals surface area contributed by atoms with Crippen LogP contribution in [-0.2, 0) is 6.54 Å². The SMILES string of the molecule is Cc1cc(Cl)cc(C(=O)NCc2cccc(C#N)c2)c1. The lowest BCUT2D eigenvalue weighted by molar-refractivity contribution is 0.0951. The summed E-state index contributed by atoms with van der Waals surface area (Å²) in [6, 6.07) is 14.4. The molecule has 3 nitrogen and oxygen atoms in total. The smallest absolute Gasteiger partial charge is 0.251 e. The zero-order chi connectivity index (χ0) is 14.5. The van der Waals surface area contributed by atoms with Gasteiger partial charge in [0.15, 0.2) is 0 Å². The Morgan fingerprint density at radius 1 is 1.30 bits per heavy atom. The first-order valence-electron chi connectivity index (χ1n) is 6.13. The van der Waals surface area contributed by atoms with E-state index in [0.29, 0.717) is 22.7 Å². The average molecular weight is 285 g/mol. The minimum Gasteiger partial charge on any atom is -0.348 e. The maximum absolute atomic E-state index is 12.0. The number of rotatable bonds is 3. The minimum atomic E-state index is -0.182.